The van der Waals surface area contributed by atoms with E-state index in [0.717, 1.165) is 0 Å². The molecular weight excluding hydrogens is 461 g/mol. The molecule has 0 aliphatic carbocycles. The molecule has 0 fully saturated rings. The summed E-state index contributed by atoms with van der Waals surface area (Å²) in [4.78, 5) is 54.6. The average molecular weight is 475 g/mol. The second kappa shape index (κ2) is 20.6. The Morgan fingerprint density at radius 2 is 0.833 bits per heavy atom. The first-order valence-corrected chi connectivity index (χ1v) is 6.55. The van der Waals surface area contributed by atoms with Crippen molar-refractivity contribution >= 4 is 29.8 Å². The largest absolute Gasteiger partial charge is 1.00 e. The van der Waals surface area contributed by atoms with Gasteiger partial charge in [0, 0.05) is 50.3 Å². The minimum absolute atomic E-state index is 0. The Kier molecular flexibility index (Phi) is 31.4. The van der Waals surface area contributed by atoms with Crippen LogP contribution in [-0.4, -0.2) is 59.0 Å². The van der Waals surface area contributed by atoms with Gasteiger partial charge in [0.25, 0.3) is 0 Å². The van der Waals surface area contributed by atoms with Crippen LogP contribution in [0.15, 0.2) is 0 Å². The van der Waals surface area contributed by atoms with E-state index in [0.29, 0.717) is 0 Å². The Labute approximate surface area is 282 Å². The molecule has 0 aromatic heterocycles. The molecule has 0 spiro atoms. The summed E-state index contributed by atoms with van der Waals surface area (Å²) >= 11 is 0. The minimum atomic E-state index is -2.81. The SMILES string of the molecule is NC(CC(=O)[O-])(CC(=O)[O-])C(N)(CC(=O)[O-])N(CC(=O)[O-])CC(=O)[O-].[Na+].[Na+].[Na+].[Na+].[Na+]. The van der Waals surface area contributed by atoms with E-state index in [1.807, 2.05) is 0 Å². The topological polar surface area (TPSA) is 256 Å². The van der Waals surface area contributed by atoms with Gasteiger partial charge in [0.1, 0.15) is 0 Å². The van der Waals surface area contributed by atoms with Crippen LogP contribution in [0.3, 0.4) is 0 Å². The normalized spacial score (nSPS) is 11.6. The number of carboxylic acids is 5. The van der Waals surface area contributed by atoms with Crippen molar-refractivity contribution in [2.24, 2.45) is 11.5 Å². The van der Waals surface area contributed by atoms with Crippen LogP contribution in [0.1, 0.15) is 19.3 Å². The fourth-order valence-corrected chi connectivity index (χ4v) is 2.36. The average Bonchev–Trinajstić information content (AvgIpc) is 2.33. The number of hydrogen-bond donors (Lipinski definition) is 2. The van der Waals surface area contributed by atoms with Gasteiger partial charge >= 0.3 is 148 Å². The van der Waals surface area contributed by atoms with Crippen molar-refractivity contribution in [3.05, 3.63) is 0 Å². The quantitative estimate of drug-likeness (QED) is 0.196. The predicted octanol–water partition coefficient (Wildman–Crippen LogP) is -24.4. The van der Waals surface area contributed by atoms with E-state index < -0.39 is 73.4 Å². The van der Waals surface area contributed by atoms with Gasteiger partial charge in [-0.2, -0.15) is 0 Å². The molecule has 13 nitrogen and oxygen atoms in total. The van der Waals surface area contributed by atoms with Gasteiger partial charge in [-0.1, -0.05) is 0 Å². The zero-order valence-corrected chi connectivity index (χ0v) is 27.7. The van der Waals surface area contributed by atoms with Gasteiger partial charge in [-0.15, -0.1) is 0 Å². The summed E-state index contributed by atoms with van der Waals surface area (Å²) in [7, 11) is 0. The molecule has 0 aromatic rings. The van der Waals surface area contributed by atoms with E-state index in [9.17, 15) is 49.5 Å². The molecule has 0 amide bonds. The third kappa shape index (κ3) is 16.0. The maximum absolute atomic E-state index is 11.0. The molecule has 0 aliphatic rings. The zero-order chi connectivity index (χ0) is 20.0. The van der Waals surface area contributed by atoms with E-state index >= 15 is 0 Å². The zero-order valence-electron chi connectivity index (χ0n) is 17.7. The Hall–Kier alpha value is 2.23. The summed E-state index contributed by atoms with van der Waals surface area (Å²) in [5.74, 6) is -9.77. The van der Waals surface area contributed by atoms with E-state index in [1.165, 1.54) is 0 Å². The third-order valence-electron chi connectivity index (χ3n) is 3.40. The molecular formula is C12H14N3Na5O10. The Morgan fingerprint density at radius 1 is 0.567 bits per heavy atom. The molecule has 0 saturated heterocycles. The van der Waals surface area contributed by atoms with Crippen LogP contribution in [0.4, 0.5) is 0 Å². The van der Waals surface area contributed by atoms with Gasteiger partial charge in [-0.05, 0) is 0 Å². The Balaban J connectivity index is -0.000000288. The number of carbonyl (C=O) groups excluding carboxylic acids is 5. The van der Waals surface area contributed by atoms with Crippen molar-refractivity contribution in [1.29, 1.82) is 0 Å². The number of aliphatic carboxylic acids is 5. The second-order valence-electron chi connectivity index (χ2n) is 5.33. The summed E-state index contributed by atoms with van der Waals surface area (Å²) in [6, 6.07) is 0. The summed E-state index contributed by atoms with van der Waals surface area (Å²) in [5, 5.41) is 54.4. The smallest absolute Gasteiger partial charge is 0.550 e. The number of nitrogens with two attached hydrogens (primary N) is 2. The van der Waals surface area contributed by atoms with Crippen molar-refractivity contribution in [3.8, 4) is 0 Å². The van der Waals surface area contributed by atoms with Crippen LogP contribution in [0.2, 0.25) is 0 Å². The standard InChI is InChI=1S/C12H19N3O10.5Na/c13-11(1-6(16)17,2-7(18)19)12(14,3-8(20)21)15(4-9(22)23)5-10(24)25;;;;;/h1-5,13-14H2,(H,16,17)(H,18,19)(H,20,21)(H,22,23)(H,24,25);;;;;/q;5*+1/p-5. The van der Waals surface area contributed by atoms with Crippen LogP contribution in [0.25, 0.3) is 0 Å². The van der Waals surface area contributed by atoms with Crippen molar-refractivity contribution in [1.82, 2.24) is 4.90 Å². The molecule has 0 radical (unpaired) electrons. The molecule has 0 heterocycles. The van der Waals surface area contributed by atoms with E-state index in [2.05, 4.69) is 0 Å². The van der Waals surface area contributed by atoms with Crippen LogP contribution in [0, 0.1) is 0 Å². The second-order valence-corrected chi connectivity index (χ2v) is 5.33. The molecule has 0 aromatic carbocycles. The van der Waals surface area contributed by atoms with Gasteiger partial charge in [-0.25, -0.2) is 0 Å². The van der Waals surface area contributed by atoms with Gasteiger partial charge < -0.3 is 61.0 Å². The maximum Gasteiger partial charge on any atom is 1.00 e. The number of carboxylic acid groups (broad SMARTS) is 5. The van der Waals surface area contributed by atoms with Crippen molar-refractivity contribution in [3.63, 3.8) is 0 Å². The van der Waals surface area contributed by atoms with Crippen molar-refractivity contribution < 1.29 is 197 Å². The fraction of sp³-hybridized carbons (Fsp3) is 0.583. The van der Waals surface area contributed by atoms with E-state index in [-0.39, 0.29) is 153 Å². The van der Waals surface area contributed by atoms with Crippen LogP contribution < -0.4 is 185 Å². The molecule has 0 aliphatic heterocycles. The summed E-state index contributed by atoms with van der Waals surface area (Å²) in [5.41, 5.74) is 5.87. The third-order valence-corrected chi connectivity index (χ3v) is 3.40. The molecule has 142 valence electrons. The van der Waals surface area contributed by atoms with Gasteiger partial charge in [0.05, 0.1) is 23.1 Å². The maximum atomic E-state index is 11.0. The molecule has 0 rings (SSSR count). The molecule has 4 N–H and O–H groups in total. The minimum Gasteiger partial charge on any atom is -0.550 e. The van der Waals surface area contributed by atoms with Crippen molar-refractivity contribution in [2.45, 2.75) is 30.5 Å². The molecule has 1 unspecified atom stereocenters. The molecule has 30 heavy (non-hydrogen) atoms. The van der Waals surface area contributed by atoms with Crippen LogP contribution in [-0.2, 0) is 24.0 Å². The molecule has 0 bridgehead atoms. The first kappa shape index (κ1) is 45.7. The van der Waals surface area contributed by atoms with E-state index in [1.54, 1.807) is 0 Å². The first-order valence-electron chi connectivity index (χ1n) is 6.55. The fourth-order valence-electron chi connectivity index (χ4n) is 2.36. The van der Waals surface area contributed by atoms with Gasteiger partial charge in [-0.3, -0.25) is 4.90 Å². The first-order chi connectivity index (χ1) is 11.2. The number of rotatable bonds is 12. The van der Waals surface area contributed by atoms with Crippen LogP contribution >= 0.6 is 0 Å². The summed E-state index contributed by atoms with van der Waals surface area (Å²) in [6.45, 7) is -2.65. The number of nitrogens with zero attached hydrogens (tertiary/aromatic N) is 1. The molecule has 0 saturated carbocycles. The summed E-state index contributed by atoms with van der Waals surface area (Å²) in [6.07, 6.45) is -4.13. The Morgan fingerprint density at radius 3 is 1.03 bits per heavy atom. The Bertz CT molecular complexity index is 565. The summed E-state index contributed by atoms with van der Waals surface area (Å²) < 4.78 is 0. The van der Waals surface area contributed by atoms with Crippen molar-refractivity contribution in [2.75, 3.05) is 13.1 Å². The van der Waals surface area contributed by atoms with Gasteiger partial charge in [0.2, 0.25) is 0 Å². The number of hydrogen-bond acceptors (Lipinski definition) is 13. The van der Waals surface area contributed by atoms with Crippen LogP contribution in [0.5, 0.6) is 0 Å². The van der Waals surface area contributed by atoms with E-state index in [4.69, 9.17) is 11.5 Å². The predicted molar refractivity (Wildman–Crippen MR) is 64.3 cm³/mol. The molecule has 18 heteroatoms. The molecule has 1 atom stereocenters. The number of carbonyl (C=O) groups is 5. The van der Waals surface area contributed by atoms with Gasteiger partial charge in [0.15, 0.2) is 0 Å². The monoisotopic (exact) mass is 475 g/mol.